The minimum absolute atomic E-state index is 0.807. The maximum Gasteiger partial charge on any atom is 0.0103 e. The highest BCUT2D eigenvalue weighted by atomic mass is 15.0. The van der Waals surface area contributed by atoms with Gasteiger partial charge in [-0.05, 0) is 43.4 Å². The van der Waals surface area contributed by atoms with Crippen molar-refractivity contribution in [3.8, 4) is 0 Å². The molecule has 0 saturated heterocycles. The van der Waals surface area contributed by atoms with Gasteiger partial charge in [-0.1, -0.05) is 46.5 Å². The zero-order valence-corrected chi connectivity index (χ0v) is 12.0. The third-order valence-corrected chi connectivity index (χ3v) is 5.08. The second-order valence-corrected chi connectivity index (χ2v) is 6.93. The average Bonchev–Trinajstić information content (AvgIpc) is 2.30. The van der Waals surface area contributed by atoms with Gasteiger partial charge in [0.25, 0.3) is 0 Å². The quantitative estimate of drug-likeness (QED) is 0.768. The summed E-state index contributed by atoms with van der Waals surface area (Å²) in [6, 6.07) is 1.64. The van der Waals surface area contributed by atoms with E-state index >= 15 is 0 Å². The second kappa shape index (κ2) is 6.22. The Morgan fingerprint density at radius 1 is 0.941 bits per heavy atom. The summed E-state index contributed by atoms with van der Waals surface area (Å²) in [5.41, 5.74) is 0. The van der Waals surface area contributed by atoms with Crippen LogP contribution in [0.25, 0.3) is 0 Å². The van der Waals surface area contributed by atoms with Crippen molar-refractivity contribution in [2.75, 3.05) is 0 Å². The lowest BCUT2D eigenvalue weighted by molar-refractivity contribution is 0.150. The van der Waals surface area contributed by atoms with Gasteiger partial charge in [0.1, 0.15) is 0 Å². The first kappa shape index (κ1) is 13.4. The molecule has 0 aromatic carbocycles. The van der Waals surface area contributed by atoms with Crippen LogP contribution in [0.1, 0.15) is 72.1 Å². The SMILES string of the molecule is CC1CCC(C(C)C)C(NC2CCCCC2)C1. The molecule has 2 aliphatic rings. The Labute approximate surface area is 108 Å². The van der Waals surface area contributed by atoms with E-state index < -0.39 is 0 Å². The van der Waals surface area contributed by atoms with E-state index in [0.717, 1.165) is 29.8 Å². The van der Waals surface area contributed by atoms with E-state index in [9.17, 15) is 0 Å². The van der Waals surface area contributed by atoms with Crippen LogP contribution in [0.3, 0.4) is 0 Å². The van der Waals surface area contributed by atoms with Crippen molar-refractivity contribution in [3.63, 3.8) is 0 Å². The summed E-state index contributed by atoms with van der Waals surface area (Å²) in [4.78, 5) is 0. The molecule has 0 aromatic heterocycles. The molecule has 1 heteroatoms. The minimum Gasteiger partial charge on any atom is -0.311 e. The zero-order valence-electron chi connectivity index (χ0n) is 12.0. The molecule has 0 heterocycles. The summed E-state index contributed by atoms with van der Waals surface area (Å²) in [5, 5.41) is 4.02. The van der Waals surface area contributed by atoms with E-state index in [2.05, 4.69) is 26.1 Å². The molecule has 0 amide bonds. The molecular weight excluding hydrogens is 206 g/mol. The van der Waals surface area contributed by atoms with Crippen LogP contribution in [-0.4, -0.2) is 12.1 Å². The molecule has 100 valence electrons. The maximum atomic E-state index is 4.02. The lowest BCUT2D eigenvalue weighted by Gasteiger charge is -2.40. The lowest BCUT2D eigenvalue weighted by atomic mass is 9.73. The summed E-state index contributed by atoms with van der Waals surface area (Å²) in [6.07, 6.45) is 11.5. The smallest absolute Gasteiger partial charge is 0.0103 e. The van der Waals surface area contributed by atoms with Crippen molar-refractivity contribution in [3.05, 3.63) is 0 Å². The Bertz CT molecular complexity index is 218. The number of hydrogen-bond donors (Lipinski definition) is 1. The first-order valence-corrected chi connectivity index (χ1v) is 7.93. The number of nitrogens with one attached hydrogen (secondary N) is 1. The fourth-order valence-electron chi connectivity index (χ4n) is 3.97. The van der Waals surface area contributed by atoms with Crippen LogP contribution in [0.2, 0.25) is 0 Å². The monoisotopic (exact) mass is 237 g/mol. The van der Waals surface area contributed by atoms with Crippen LogP contribution in [0.15, 0.2) is 0 Å². The molecule has 2 rings (SSSR count). The van der Waals surface area contributed by atoms with Gasteiger partial charge in [0, 0.05) is 12.1 Å². The highest BCUT2D eigenvalue weighted by Crippen LogP contribution is 2.34. The zero-order chi connectivity index (χ0) is 12.3. The Morgan fingerprint density at radius 2 is 1.65 bits per heavy atom. The van der Waals surface area contributed by atoms with E-state index in [1.54, 1.807) is 0 Å². The van der Waals surface area contributed by atoms with Crippen molar-refractivity contribution >= 4 is 0 Å². The van der Waals surface area contributed by atoms with E-state index in [4.69, 9.17) is 0 Å². The van der Waals surface area contributed by atoms with Crippen LogP contribution in [0, 0.1) is 17.8 Å². The molecule has 1 nitrogen and oxygen atoms in total. The van der Waals surface area contributed by atoms with Crippen molar-refractivity contribution in [1.29, 1.82) is 0 Å². The Morgan fingerprint density at radius 3 is 2.29 bits per heavy atom. The molecular formula is C16H31N. The van der Waals surface area contributed by atoms with Crippen LogP contribution >= 0.6 is 0 Å². The summed E-state index contributed by atoms with van der Waals surface area (Å²) >= 11 is 0. The van der Waals surface area contributed by atoms with Gasteiger partial charge in [-0.2, -0.15) is 0 Å². The molecule has 1 N–H and O–H groups in total. The van der Waals surface area contributed by atoms with Crippen LogP contribution in [0.5, 0.6) is 0 Å². The van der Waals surface area contributed by atoms with Gasteiger partial charge in [0.2, 0.25) is 0 Å². The summed E-state index contributed by atoms with van der Waals surface area (Å²) in [6.45, 7) is 7.26. The standard InChI is InChI=1S/C16H31N/c1-12(2)15-10-9-13(3)11-16(15)17-14-7-5-4-6-8-14/h12-17H,4-11H2,1-3H3. The normalized spacial score (nSPS) is 36.4. The Kier molecular flexibility index (Phi) is 4.90. The van der Waals surface area contributed by atoms with Crippen molar-refractivity contribution in [1.82, 2.24) is 5.32 Å². The van der Waals surface area contributed by atoms with Gasteiger partial charge in [0.05, 0.1) is 0 Å². The van der Waals surface area contributed by atoms with Crippen LogP contribution in [-0.2, 0) is 0 Å². The van der Waals surface area contributed by atoms with Gasteiger partial charge < -0.3 is 5.32 Å². The fourth-order valence-corrected chi connectivity index (χ4v) is 3.97. The van der Waals surface area contributed by atoms with Gasteiger partial charge in [-0.3, -0.25) is 0 Å². The third-order valence-electron chi connectivity index (χ3n) is 5.08. The second-order valence-electron chi connectivity index (χ2n) is 6.93. The molecule has 0 bridgehead atoms. The molecule has 2 aliphatic carbocycles. The fraction of sp³-hybridized carbons (Fsp3) is 1.00. The van der Waals surface area contributed by atoms with Gasteiger partial charge in [0.15, 0.2) is 0 Å². The van der Waals surface area contributed by atoms with E-state index in [-0.39, 0.29) is 0 Å². The molecule has 3 unspecified atom stereocenters. The highest BCUT2D eigenvalue weighted by Gasteiger charge is 2.32. The molecule has 0 radical (unpaired) electrons. The molecule has 17 heavy (non-hydrogen) atoms. The maximum absolute atomic E-state index is 4.02. The van der Waals surface area contributed by atoms with Crippen LogP contribution < -0.4 is 5.32 Å². The third kappa shape index (κ3) is 3.71. The first-order valence-electron chi connectivity index (χ1n) is 7.93. The number of rotatable bonds is 3. The van der Waals surface area contributed by atoms with Crippen molar-refractivity contribution in [2.24, 2.45) is 17.8 Å². The molecule has 2 fully saturated rings. The largest absolute Gasteiger partial charge is 0.311 e. The predicted molar refractivity (Wildman–Crippen MR) is 75.1 cm³/mol. The number of hydrogen-bond acceptors (Lipinski definition) is 1. The highest BCUT2D eigenvalue weighted by molar-refractivity contribution is 4.88. The molecule has 0 spiro atoms. The van der Waals surface area contributed by atoms with Crippen LogP contribution in [0.4, 0.5) is 0 Å². The molecule has 0 aromatic rings. The summed E-state index contributed by atoms with van der Waals surface area (Å²) in [7, 11) is 0. The average molecular weight is 237 g/mol. The topological polar surface area (TPSA) is 12.0 Å². The summed E-state index contributed by atoms with van der Waals surface area (Å²) < 4.78 is 0. The van der Waals surface area contributed by atoms with Gasteiger partial charge >= 0.3 is 0 Å². The minimum atomic E-state index is 0.807. The first-order chi connectivity index (χ1) is 8.16. The Hall–Kier alpha value is -0.0400. The van der Waals surface area contributed by atoms with Crippen molar-refractivity contribution in [2.45, 2.75) is 84.2 Å². The molecule has 3 atom stereocenters. The van der Waals surface area contributed by atoms with E-state index in [1.165, 1.54) is 51.4 Å². The summed E-state index contributed by atoms with van der Waals surface area (Å²) in [5.74, 6) is 2.71. The molecule has 0 aliphatic heterocycles. The van der Waals surface area contributed by atoms with Gasteiger partial charge in [-0.15, -0.1) is 0 Å². The van der Waals surface area contributed by atoms with E-state index in [0.29, 0.717) is 0 Å². The molecule has 2 saturated carbocycles. The van der Waals surface area contributed by atoms with E-state index in [1.807, 2.05) is 0 Å². The van der Waals surface area contributed by atoms with Gasteiger partial charge in [-0.25, -0.2) is 0 Å². The lowest BCUT2D eigenvalue weighted by Crippen LogP contribution is -2.47. The van der Waals surface area contributed by atoms with Crippen molar-refractivity contribution < 1.29 is 0 Å². The predicted octanol–water partition coefficient (Wildman–Crippen LogP) is 4.37. The Balaban J connectivity index is 1.89.